The monoisotopic (exact) mass is 599 g/mol. The van der Waals surface area contributed by atoms with Crippen molar-refractivity contribution in [2.75, 3.05) is 25.1 Å². The van der Waals surface area contributed by atoms with Crippen molar-refractivity contribution in [3.63, 3.8) is 0 Å². The Morgan fingerprint density at radius 1 is 0.909 bits per heavy atom. The molecule has 0 bridgehead atoms. The van der Waals surface area contributed by atoms with Gasteiger partial charge in [0.25, 0.3) is 5.91 Å². The summed E-state index contributed by atoms with van der Waals surface area (Å²) in [6, 6.07) is 34.8. The van der Waals surface area contributed by atoms with E-state index in [0.29, 0.717) is 29.2 Å². The Bertz CT molecular complexity index is 1830. The van der Waals surface area contributed by atoms with Gasteiger partial charge in [-0.25, -0.2) is 4.79 Å². The van der Waals surface area contributed by atoms with E-state index in [2.05, 4.69) is 29.2 Å². The first-order valence-electron chi connectivity index (χ1n) is 14.7. The van der Waals surface area contributed by atoms with E-state index in [1.807, 2.05) is 84.9 Å². The van der Waals surface area contributed by atoms with Crippen molar-refractivity contribution in [2.24, 2.45) is 0 Å². The average Bonchev–Trinajstić information content (AvgIpc) is 3.64. The number of hydrogen-bond donors (Lipinski definition) is 0. The highest BCUT2D eigenvalue weighted by molar-refractivity contribution is 6.30. The normalized spacial score (nSPS) is 14.0. The van der Waals surface area contributed by atoms with Crippen LogP contribution in [-0.4, -0.2) is 42.1 Å². The number of nitrogens with zero attached hydrogens (tertiary/aromatic N) is 3. The average molecular weight is 600 g/mol. The van der Waals surface area contributed by atoms with E-state index in [1.165, 1.54) is 22.3 Å². The molecule has 4 aromatic carbocycles. The van der Waals surface area contributed by atoms with Crippen LogP contribution in [0.2, 0.25) is 5.02 Å². The van der Waals surface area contributed by atoms with Crippen LogP contribution in [0.5, 0.6) is 0 Å². The van der Waals surface area contributed by atoms with Gasteiger partial charge in [0.2, 0.25) is 0 Å². The van der Waals surface area contributed by atoms with Crippen molar-refractivity contribution in [1.82, 2.24) is 9.88 Å². The highest BCUT2D eigenvalue weighted by Gasteiger charge is 2.34. The molecule has 5 aromatic rings. The van der Waals surface area contributed by atoms with Gasteiger partial charge in [-0.3, -0.25) is 14.7 Å². The SMILES string of the molecule is CN(C(=O)c1cccc2c1CCN2C(=O)OCC1c2ccccc2-c2ccccc21)C(c1cccc(Cl)c1)c1ccccn1. The van der Waals surface area contributed by atoms with Gasteiger partial charge in [-0.2, -0.15) is 0 Å². The molecule has 0 saturated heterocycles. The zero-order valence-electron chi connectivity index (χ0n) is 24.2. The molecule has 1 atom stereocenters. The Morgan fingerprint density at radius 2 is 1.61 bits per heavy atom. The maximum Gasteiger partial charge on any atom is 0.414 e. The first-order valence-corrected chi connectivity index (χ1v) is 15.1. The third-order valence-electron chi connectivity index (χ3n) is 8.65. The minimum atomic E-state index is -0.446. The van der Waals surface area contributed by atoms with Crippen molar-refractivity contribution in [1.29, 1.82) is 0 Å². The van der Waals surface area contributed by atoms with Crippen LogP contribution in [0.1, 0.15) is 50.3 Å². The number of halogens is 1. The fourth-order valence-electron chi connectivity index (χ4n) is 6.61. The number of carbonyl (C=O) groups excluding carboxylic acids is 2. The molecule has 44 heavy (non-hydrogen) atoms. The van der Waals surface area contributed by atoms with Crippen molar-refractivity contribution in [2.45, 2.75) is 18.4 Å². The maximum absolute atomic E-state index is 14.1. The van der Waals surface area contributed by atoms with Crippen molar-refractivity contribution >= 4 is 29.3 Å². The largest absolute Gasteiger partial charge is 0.448 e. The molecule has 2 aliphatic rings. The molecule has 1 aliphatic heterocycles. The highest BCUT2D eigenvalue weighted by atomic mass is 35.5. The van der Waals surface area contributed by atoms with Crippen molar-refractivity contribution in [3.05, 3.63) is 154 Å². The molecule has 7 rings (SSSR count). The molecule has 218 valence electrons. The Kier molecular flexibility index (Phi) is 7.36. The van der Waals surface area contributed by atoms with Crippen LogP contribution in [0.4, 0.5) is 10.5 Å². The molecule has 0 saturated carbocycles. The Labute approximate surface area is 261 Å². The predicted octanol–water partition coefficient (Wildman–Crippen LogP) is 7.91. The molecule has 1 unspecified atom stereocenters. The van der Waals surface area contributed by atoms with Gasteiger partial charge in [0.1, 0.15) is 6.61 Å². The number of benzene rings is 4. The van der Waals surface area contributed by atoms with Crippen LogP contribution in [-0.2, 0) is 11.2 Å². The summed E-state index contributed by atoms with van der Waals surface area (Å²) in [4.78, 5) is 35.5. The lowest BCUT2D eigenvalue weighted by Crippen LogP contribution is -2.33. The molecule has 0 spiro atoms. The second kappa shape index (κ2) is 11.6. The number of amides is 2. The van der Waals surface area contributed by atoms with E-state index in [0.717, 1.165) is 16.8 Å². The fraction of sp³-hybridized carbons (Fsp3) is 0.162. The second-order valence-electron chi connectivity index (χ2n) is 11.1. The molecule has 6 nitrogen and oxygen atoms in total. The van der Waals surface area contributed by atoms with Gasteiger partial charge < -0.3 is 9.64 Å². The first kappa shape index (κ1) is 27.9. The molecule has 2 amide bonds. The number of rotatable bonds is 6. The number of carbonyl (C=O) groups is 2. The number of anilines is 1. The van der Waals surface area contributed by atoms with Gasteiger partial charge >= 0.3 is 6.09 Å². The molecule has 1 aromatic heterocycles. The zero-order chi connectivity index (χ0) is 30.2. The van der Waals surface area contributed by atoms with Gasteiger partial charge in [0.05, 0.1) is 17.4 Å². The first-order chi connectivity index (χ1) is 21.5. The quantitative estimate of drug-likeness (QED) is 0.199. The van der Waals surface area contributed by atoms with Crippen LogP contribution < -0.4 is 4.90 Å². The standard InChI is InChI=1S/C37H30ClN3O3/c1-40(35(33-17-6-7-20-39-33)24-10-8-11-25(38)22-24)36(42)31-16-9-18-34-30(31)19-21-41(34)37(43)44-23-32-28-14-4-2-12-26(28)27-13-3-5-15-29(27)32/h2-18,20,22,32,35H,19,21,23H2,1H3. The third-order valence-corrected chi connectivity index (χ3v) is 8.89. The molecular weight excluding hydrogens is 570 g/mol. The molecule has 2 heterocycles. The number of fused-ring (bicyclic) bond motifs is 4. The van der Waals surface area contributed by atoms with Crippen LogP contribution in [0, 0.1) is 0 Å². The smallest absolute Gasteiger partial charge is 0.414 e. The lowest BCUT2D eigenvalue weighted by Gasteiger charge is -2.29. The van der Waals surface area contributed by atoms with E-state index >= 15 is 0 Å². The van der Waals surface area contributed by atoms with E-state index in [4.69, 9.17) is 16.3 Å². The van der Waals surface area contributed by atoms with Gasteiger partial charge in [0.15, 0.2) is 0 Å². The zero-order valence-corrected chi connectivity index (χ0v) is 24.9. The number of pyridine rings is 1. The molecule has 0 N–H and O–H groups in total. The third kappa shape index (κ3) is 4.91. The summed E-state index contributed by atoms with van der Waals surface area (Å²) in [5.74, 6) is -0.183. The highest BCUT2D eigenvalue weighted by Crippen LogP contribution is 2.45. The number of aromatic nitrogens is 1. The lowest BCUT2D eigenvalue weighted by molar-refractivity contribution is 0.0751. The summed E-state index contributed by atoms with van der Waals surface area (Å²) >= 11 is 6.34. The minimum absolute atomic E-state index is 0.0231. The Hall–Kier alpha value is -4.94. The van der Waals surface area contributed by atoms with Gasteiger partial charge in [-0.05, 0) is 76.2 Å². The van der Waals surface area contributed by atoms with E-state index < -0.39 is 12.1 Å². The summed E-state index contributed by atoms with van der Waals surface area (Å²) in [7, 11) is 1.78. The summed E-state index contributed by atoms with van der Waals surface area (Å²) in [5.41, 5.74) is 8.40. The van der Waals surface area contributed by atoms with E-state index in [1.54, 1.807) is 23.0 Å². The Morgan fingerprint density at radius 3 is 2.32 bits per heavy atom. The fourth-order valence-corrected chi connectivity index (χ4v) is 6.81. The summed E-state index contributed by atoms with van der Waals surface area (Å²) in [5, 5.41) is 0.587. The molecule has 0 fully saturated rings. The van der Waals surface area contributed by atoms with Crippen molar-refractivity contribution in [3.8, 4) is 11.1 Å². The molecule has 1 aliphatic carbocycles. The Balaban J connectivity index is 1.13. The van der Waals surface area contributed by atoms with E-state index in [-0.39, 0.29) is 18.4 Å². The molecule has 0 radical (unpaired) electrons. The minimum Gasteiger partial charge on any atom is -0.448 e. The van der Waals surface area contributed by atoms with Gasteiger partial charge in [-0.1, -0.05) is 84.4 Å². The second-order valence-corrected chi connectivity index (χ2v) is 11.6. The van der Waals surface area contributed by atoms with Crippen molar-refractivity contribution < 1.29 is 14.3 Å². The van der Waals surface area contributed by atoms with Crippen LogP contribution in [0.3, 0.4) is 0 Å². The number of ether oxygens (including phenoxy) is 1. The van der Waals surface area contributed by atoms with Crippen LogP contribution in [0.15, 0.2) is 115 Å². The summed E-state index contributed by atoms with van der Waals surface area (Å²) in [6.07, 6.45) is 1.87. The van der Waals surface area contributed by atoms with Gasteiger partial charge in [0, 0.05) is 36.3 Å². The maximum atomic E-state index is 14.1. The molecular formula is C37H30ClN3O3. The van der Waals surface area contributed by atoms with Crippen LogP contribution in [0.25, 0.3) is 11.1 Å². The molecule has 7 heteroatoms. The van der Waals surface area contributed by atoms with E-state index in [9.17, 15) is 9.59 Å². The van der Waals surface area contributed by atoms with Crippen LogP contribution >= 0.6 is 11.6 Å². The predicted molar refractivity (Wildman–Crippen MR) is 172 cm³/mol. The lowest BCUT2D eigenvalue weighted by atomic mass is 9.98. The summed E-state index contributed by atoms with van der Waals surface area (Å²) in [6.45, 7) is 0.684. The number of hydrogen-bond acceptors (Lipinski definition) is 4. The topological polar surface area (TPSA) is 62.7 Å². The van der Waals surface area contributed by atoms with Gasteiger partial charge in [-0.15, -0.1) is 0 Å². The summed E-state index contributed by atoms with van der Waals surface area (Å²) < 4.78 is 5.96.